The van der Waals surface area contributed by atoms with Gasteiger partial charge in [0, 0.05) is 10.6 Å². The van der Waals surface area contributed by atoms with Gasteiger partial charge in [-0.25, -0.2) is 4.79 Å². The Morgan fingerprint density at radius 3 is 2.67 bits per heavy atom. The lowest BCUT2D eigenvalue weighted by molar-refractivity contribution is 0.0465. The highest BCUT2D eigenvalue weighted by Crippen LogP contribution is 2.24. The standard InChI is InChI=1S/C18H26N4O4S/c1-17(2,3)25-15(23)20-18(4,5)14-19-13(26-21-14)10-22-11-8-6-7-9-12(11)27-16(22)24/h6-10H2,1-5H3,(H,20,23). The SMILES string of the molecule is CC(C)(C)OC(=O)NC(C)(C)c1noc(Cn2c3c(sc2=O)CCCC3)n1. The third-order valence-electron chi connectivity index (χ3n) is 4.28. The fraction of sp³-hybridized carbons (Fsp3) is 0.667. The maximum absolute atomic E-state index is 12.3. The van der Waals surface area contributed by atoms with Gasteiger partial charge >= 0.3 is 11.0 Å². The largest absolute Gasteiger partial charge is 0.444 e. The quantitative estimate of drug-likeness (QED) is 0.856. The van der Waals surface area contributed by atoms with E-state index in [2.05, 4.69) is 15.5 Å². The zero-order chi connectivity index (χ0) is 19.8. The molecule has 0 atom stereocenters. The van der Waals surface area contributed by atoms with Gasteiger partial charge in [-0.05, 0) is 60.3 Å². The molecular formula is C18H26N4O4S. The number of carbonyl (C=O) groups is 1. The first-order chi connectivity index (χ1) is 12.5. The third-order valence-corrected chi connectivity index (χ3v) is 5.36. The van der Waals surface area contributed by atoms with E-state index in [0.29, 0.717) is 11.7 Å². The van der Waals surface area contributed by atoms with Crippen LogP contribution in [0.1, 0.15) is 69.7 Å². The number of rotatable bonds is 4. The van der Waals surface area contributed by atoms with Crippen LogP contribution in [0.25, 0.3) is 0 Å². The van der Waals surface area contributed by atoms with Crippen molar-refractivity contribution in [2.75, 3.05) is 0 Å². The number of carbonyl (C=O) groups excluding carboxylic acids is 1. The van der Waals surface area contributed by atoms with Crippen LogP contribution in [0.5, 0.6) is 0 Å². The Morgan fingerprint density at radius 1 is 1.26 bits per heavy atom. The first-order valence-electron chi connectivity index (χ1n) is 9.11. The van der Waals surface area contributed by atoms with Gasteiger partial charge in [0.25, 0.3) is 0 Å². The molecule has 0 spiro atoms. The fourth-order valence-corrected chi connectivity index (χ4v) is 4.08. The van der Waals surface area contributed by atoms with E-state index < -0.39 is 17.2 Å². The van der Waals surface area contributed by atoms with Crippen LogP contribution in [0.4, 0.5) is 4.79 Å². The van der Waals surface area contributed by atoms with Crippen LogP contribution in [0.2, 0.25) is 0 Å². The molecule has 27 heavy (non-hydrogen) atoms. The number of fused-ring (bicyclic) bond motifs is 1. The van der Waals surface area contributed by atoms with Crippen molar-refractivity contribution in [2.24, 2.45) is 0 Å². The molecule has 2 aromatic heterocycles. The zero-order valence-corrected chi connectivity index (χ0v) is 17.2. The number of alkyl carbamates (subject to hydrolysis) is 1. The molecular weight excluding hydrogens is 368 g/mol. The van der Waals surface area contributed by atoms with Crippen molar-refractivity contribution in [2.45, 2.75) is 78.0 Å². The second kappa shape index (κ2) is 7.10. The van der Waals surface area contributed by atoms with E-state index in [9.17, 15) is 9.59 Å². The molecule has 148 valence electrons. The normalized spacial score (nSPS) is 14.7. The smallest absolute Gasteiger partial charge is 0.408 e. The van der Waals surface area contributed by atoms with E-state index in [1.165, 1.54) is 11.3 Å². The highest BCUT2D eigenvalue weighted by atomic mass is 32.1. The van der Waals surface area contributed by atoms with Gasteiger partial charge in [-0.1, -0.05) is 16.5 Å². The Morgan fingerprint density at radius 2 is 1.96 bits per heavy atom. The molecule has 1 N–H and O–H groups in total. The van der Waals surface area contributed by atoms with E-state index in [4.69, 9.17) is 9.26 Å². The molecule has 0 saturated heterocycles. The molecule has 8 nitrogen and oxygen atoms in total. The van der Waals surface area contributed by atoms with E-state index >= 15 is 0 Å². The van der Waals surface area contributed by atoms with E-state index in [1.807, 2.05) is 0 Å². The number of hydrogen-bond donors (Lipinski definition) is 1. The number of ether oxygens (including phenoxy) is 1. The van der Waals surface area contributed by atoms with Gasteiger partial charge in [0.15, 0.2) is 5.82 Å². The highest BCUT2D eigenvalue weighted by molar-refractivity contribution is 7.09. The summed E-state index contributed by atoms with van der Waals surface area (Å²) in [6.45, 7) is 9.18. The summed E-state index contributed by atoms with van der Waals surface area (Å²) >= 11 is 1.31. The average molecular weight is 394 g/mol. The summed E-state index contributed by atoms with van der Waals surface area (Å²) in [6.07, 6.45) is 3.53. The van der Waals surface area contributed by atoms with Crippen LogP contribution < -0.4 is 10.2 Å². The molecule has 0 fully saturated rings. The lowest BCUT2D eigenvalue weighted by Gasteiger charge is -2.26. The molecule has 0 unspecified atom stereocenters. The zero-order valence-electron chi connectivity index (χ0n) is 16.4. The minimum absolute atomic E-state index is 0.00721. The Hall–Kier alpha value is -2.16. The summed E-state index contributed by atoms with van der Waals surface area (Å²) in [5.74, 6) is 0.679. The van der Waals surface area contributed by atoms with Gasteiger partial charge in [0.05, 0.1) is 0 Å². The summed E-state index contributed by atoms with van der Waals surface area (Å²) in [4.78, 5) is 29.9. The summed E-state index contributed by atoms with van der Waals surface area (Å²) in [7, 11) is 0. The Kier molecular flexibility index (Phi) is 5.16. The molecule has 1 amide bonds. The van der Waals surface area contributed by atoms with Gasteiger partial charge in [-0.2, -0.15) is 4.98 Å². The molecule has 0 aromatic carbocycles. The molecule has 0 bridgehead atoms. The Balaban J connectivity index is 1.74. The summed E-state index contributed by atoms with van der Waals surface area (Å²) in [5.41, 5.74) is -0.382. The van der Waals surface area contributed by atoms with Crippen molar-refractivity contribution in [3.63, 3.8) is 0 Å². The lowest BCUT2D eigenvalue weighted by Crippen LogP contribution is -2.44. The van der Waals surface area contributed by atoms with Crippen LogP contribution in [0.15, 0.2) is 9.32 Å². The summed E-state index contributed by atoms with van der Waals surface area (Å²) in [6, 6.07) is 0. The molecule has 1 aliphatic carbocycles. The Labute approximate surface area is 161 Å². The number of aromatic nitrogens is 3. The van der Waals surface area contributed by atoms with Crippen molar-refractivity contribution < 1.29 is 14.1 Å². The second-order valence-corrected chi connectivity index (χ2v) is 9.34. The van der Waals surface area contributed by atoms with Crippen molar-refractivity contribution in [3.05, 3.63) is 32.0 Å². The number of aryl methyl sites for hydroxylation is 1. The molecule has 0 saturated carbocycles. The number of amides is 1. The number of nitrogens with zero attached hydrogens (tertiary/aromatic N) is 3. The molecule has 3 rings (SSSR count). The lowest BCUT2D eigenvalue weighted by atomic mass is 10.0. The van der Waals surface area contributed by atoms with Crippen molar-refractivity contribution in [3.8, 4) is 0 Å². The van der Waals surface area contributed by atoms with Gasteiger partial charge in [0.2, 0.25) is 5.89 Å². The monoisotopic (exact) mass is 394 g/mol. The molecule has 1 aliphatic rings. The maximum atomic E-state index is 12.3. The molecule has 9 heteroatoms. The fourth-order valence-electron chi connectivity index (χ4n) is 3.01. The van der Waals surface area contributed by atoms with Crippen LogP contribution in [0.3, 0.4) is 0 Å². The van der Waals surface area contributed by atoms with Gasteiger partial charge in [0.1, 0.15) is 17.7 Å². The van der Waals surface area contributed by atoms with Crippen LogP contribution >= 0.6 is 11.3 Å². The van der Waals surface area contributed by atoms with E-state index in [1.54, 1.807) is 39.2 Å². The maximum Gasteiger partial charge on any atom is 0.408 e. The highest BCUT2D eigenvalue weighted by Gasteiger charge is 2.31. The number of hydrogen-bond acceptors (Lipinski definition) is 7. The Bertz CT molecular complexity index is 888. The minimum atomic E-state index is -0.872. The molecule has 2 heterocycles. The predicted molar refractivity (Wildman–Crippen MR) is 101 cm³/mol. The van der Waals surface area contributed by atoms with Crippen molar-refractivity contribution in [1.29, 1.82) is 0 Å². The third kappa shape index (κ3) is 4.58. The van der Waals surface area contributed by atoms with Crippen molar-refractivity contribution in [1.82, 2.24) is 20.0 Å². The van der Waals surface area contributed by atoms with Crippen LogP contribution in [-0.2, 0) is 29.7 Å². The molecule has 2 aromatic rings. The van der Waals surface area contributed by atoms with Crippen LogP contribution in [-0.4, -0.2) is 26.4 Å². The first-order valence-corrected chi connectivity index (χ1v) is 9.92. The number of nitrogens with one attached hydrogen (secondary N) is 1. The molecule has 0 radical (unpaired) electrons. The van der Waals surface area contributed by atoms with E-state index in [0.717, 1.165) is 36.3 Å². The number of thiazole rings is 1. The first kappa shape index (κ1) is 19.6. The predicted octanol–water partition coefficient (Wildman–Crippen LogP) is 2.98. The second-order valence-electron chi connectivity index (χ2n) is 8.29. The van der Waals surface area contributed by atoms with Gasteiger partial charge < -0.3 is 14.6 Å². The van der Waals surface area contributed by atoms with E-state index in [-0.39, 0.29) is 11.4 Å². The topological polar surface area (TPSA) is 99.2 Å². The minimum Gasteiger partial charge on any atom is -0.444 e. The van der Waals surface area contributed by atoms with Crippen LogP contribution in [0, 0.1) is 0 Å². The summed E-state index contributed by atoms with van der Waals surface area (Å²) < 4.78 is 12.4. The van der Waals surface area contributed by atoms with Gasteiger partial charge in [-0.15, -0.1) is 0 Å². The summed E-state index contributed by atoms with van der Waals surface area (Å²) in [5, 5.41) is 6.74. The van der Waals surface area contributed by atoms with Crippen molar-refractivity contribution >= 4 is 17.4 Å². The molecule has 0 aliphatic heterocycles. The van der Waals surface area contributed by atoms with Gasteiger partial charge in [-0.3, -0.25) is 9.36 Å². The average Bonchev–Trinajstić information content (AvgIpc) is 3.11.